The number of amides is 1. The predicted octanol–water partition coefficient (Wildman–Crippen LogP) is 4.18. The zero-order valence-corrected chi connectivity index (χ0v) is 14.9. The van der Waals surface area contributed by atoms with Crippen LogP contribution in [0.25, 0.3) is 0 Å². The predicted molar refractivity (Wildman–Crippen MR) is 86.0 cm³/mol. The molecule has 21 heavy (non-hydrogen) atoms. The molecule has 8 heteroatoms. The summed E-state index contributed by atoms with van der Waals surface area (Å²) in [7, 11) is 1.23. The summed E-state index contributed by atoms with van der Waals surface area (Å²) in [5.41, 5.74) is 0.144. The Morgan fingerprint density at radius 2 is 1.86 bits per heavy atom. The zero-order chi connectivity index (χ0) is 16.4. The number of hydrogen-bond donors (Lipinski definition) is 0. The Morgan fingerprint density at radius 1 is 1.29 bits per heavy atom. The van der Waals surface area contributed by atoms with E-state index in [9.17, 15) is 13.2 Å². The molecule has 0 aliphatic carbocycles. The molecule has 1 amide bonds. The van der Waals surface area contributed by atoms with Crippen LogP contribution in [0.5, 0.6) is 0 Å². The van der Waals surface area contributed by atoms with Crippen LogP contribution in [0, 0.1) is 0 Å². The molecule has 0 N–H and O–H groups in total. The maximum Gasteiger partial charge on any atom is 0.262 e. The third-order valence-electron chi connectivity index (χ3n) is 3.23. The van der Waals surface area contributed by atoms with Gasteiger partial charge in [-0.2, -0.15) is 0 Å². The maximum absolute atomic E-state index is 12.5. The summed E-state index contributed by atoms with van der Waals surface area (Å²) in [6.07, 6.45) is 0.779. The highest BCUT2D eigenvalue weighted by Gasteiger charge is 2.24. The zero-order valence-electron chi connectivity index (χ0n) is 11.9. The molecule has 0 aromatic heterocycles. The van der Waals surface area contributed by atoms with Gasteiger partial charge in [-0.3, -0.25) is 4.79 Å². The minimum Gasteiger partial charge on any atom is -0.336 e. The second-order valence-electron chi connectivity index (χ2n) is 4.56. The molecular formula is C13H16Cl3NO3S. The molecule has 0 bridgehead atoms. The van der Waals surface area contributed by atoms with Gasteiger partial charge in [0.15, 0.2) is 0 Å². The highest BCUT2D eigenvalue weighted by Crippen LogP contribution is 2.33. The molecule has 0 fully saturated rings. The fraction of sp³-hybridized carbons (Fsp3) is 0.462. The second-order valence-corrected chi connectivity index (χ2v) is 7.88. The molecule has 0 aliphatic rings. The number of hydrogen-bond acceptors (Lipinski definition) is 3. The van der Waals surface area contributed by atoms with Crippen LogP contribution < -0.4 is 0 Å². The van der Waals surface area contributed by atoms with E-state index in [2.05, 4.69) is 0 Å². The van der Waals surface area contributed by atoms with Crippen molar-refractivity contribution in [3.63, 3.8) is 0 Å². The van der Waals surface area contributed by atoms with E-state index in [0.717, 1.165) is 12.5 Å². The number of halogens is 3. The van der Waals surface area contributed by atoms with Gasteiger partial charge in [-0.15, -0.1) is 0 Å². The fourth-order valence-electron chi connectivity index (χ4n) is 1.91. The molecule has 1 aromatic rings. The monoisotopic (exact) mass is 371 g/mol. The van der Waals surface area contributed by atoms with Crippen LogP contribution in [-0.4, -0.2) is 31.8 Å². The summed E-state index contributed by atoms with van der Waals surface area (Å²) in [6, 6.07) is 2.53. The van der Waals surface area contributed by atoms with Crippen LogP contribution in [0.4, 0.5) is 0 Å². The van der Waals surface area contributed by atoms with E-state index in [1.54, 1.807) is 4.90 Å². The summed E-state index contributed by atoms with van der Waals surface area (Å²) in [6.45, 7) is 6.22. The van der Waals surface area contributed by atoms with Crippen molar-refractivity contribution in [3.8, 4) is 0 Å². The average Bonchev–Trinajstić information content (AvgIpc) is 2.40. The Labute approximate surface area is 139 Å². The number of benzene rings is 1. The topological polar surface area (TPSA) is 54.5 Å². The first-order valence-electron chi connectivity index (χ1n) is 6.38. The molecule has 0 aliphatic heterocycles. The lowest BCUT2D eigenvalue weighted by Gasteiger charge is -2.27. The number of carbonyl (C=O) groups excluding carboxylic acids is 1. The molecule has 1 atom stereocenters. The quantitative estimate of drug-likeness (QED) is 0.728. The van der Waals surface area contributed by atoms with Crippen LogP contribution in [-0.2, 0) is 9.05 Å². The van der Waals surface area contributed by atoms with E-state index in [-0.39, 0.29) is 32.5 Å². The van der Waals surface area contributed by atoms with E-state index >= 15 is 0 Å². The standard InChI is InChI=1S/C13H16Cl3NO3S/c1-4-8(3)17(5-2)13(18)9-6-10(14)12(15)11(7-9)21(16,19)20/h6-8H,4-5H2,1-3H3. The van der Waals surface area contributed by atoms with Crippen LogP contribution in [0.1, 0.15) is 37.6 Å². The van der Waals surface area contributed by atoms with Crippen molar-refractivity contribution in [3.05, 3.63) is 27.7 Å². The highest BCUT2D eigenvalue weighted by atomic mass is 35.7. The van der Waals surface area contributed by atoms with Crippen LogP contribution >= 0.6 is 33.9 Å². The number of carbonyl (C=O) groups is 1. The van der Waals surface area contributed by atoms with Crippen molar-refractivity contribution >= 4 is 48.8 Å². The molecule has 0 heterocycles. The van der Waals surface area contributed by atoms with Crippen molar-refractivity contribution in [2.45, 2.75) is 38.1 Å². The molecule has 0 radical (unpaired) electrons. The van der Waals surface area contributed by atoms with Gasteiger partial charge in [0, 0.05) is 28.8 Å². The van der Waals surface area contributed by atoms with Crippen LogP contribution in [0.15, 0.2) is 17.0 Å². The lowest BCUT2D eigenvalue weighted by molar-refractivity contribution is 0.0699. The molecule has 0 spiro atoms. The number of rotatable bonds is 5. The minimum atomic E-state index is -4.09. The Hall–Kier alpha value is -0.490. The fourth-order valence-corrected chi connectivity index (χ4v) is 3.67. The third-order valence-corrected chi connectivity index (χ3v) is 5.49. The Bertz CT molecular complexity index is 646. The van der Waals surface area contributed by atoms with Gasteiger partial charge in [0.25, 0.3) is 15.0 Å². The Balaban J connectivity index is 3.38. The lowest BCUT2D eigenvalue weighted by Crippen LogP contribution is -2.38. The van der Waals surface area contributed by atoms with Gasteiger partial charge in [-0.1, -0.05) is 30.1 Å². The Kier molecular flexibility index (Phi) is 6.35. The Morgan fingerprint density at radius 3 is 2.29 bits per heavy atom. The molecular weight excluding hydrogens is 357 g/mol. The largest absolute Gasteiger partial charge is 0.336 e. The minimum absolute atomic E-state index is 0.0213. The number of nitrogens with zero attached hydrogens (tertiary/aromatic N) is 1. The van der Waals surface area contributed by atoms with Gasteiger partial charge in [0.2, 0.25) is 0 Å². The first-order valence-corrected chi connectivity index (χ1v) is 9.44. The summed E-state index contributed by atoms with van der Waals surface area (Å²) in [5, 5.41) is -0.211. The SMILES string of the molecule is CCC(C)N(CC)C(=O)c1cc(Cl)c(Cl)c(S(=O)(=O)Cl)c1. The van der Waals surface area contributed by atoms with E-state index in [0.29, 0.717) is 6.54 Å². The van der Waals surface area contributed by atoms with Gasteiger partial charge in [0.05, 0.1) is 10.0 Å². The first-order chi connectivity index (χ1) is 9.63. The summed E-state index contributed by atoms with van der Waals surface area (Å²) in [5.74, 6) is -0.313. The van der Waals surface area contributed by atoms with Crippen molar-refractivity contribution in [2.24, 2.45) is 0 Å². The van der Waals surface area contributed by atoms with Gasteiger partial charge in [-0.05, 0) is 32.4 Å². The molecule has 4 nitrogen and oxygen atoms in total. The average molecular weight is 373 g/mol. The highest BCUT2D eigenvalue weighted by molar-refractivity contribution is 8.13. The van der Waals surface area contributed by atoms with E-state index < -0.39 is 9.05 Å². The van der Waals surface area contributed by atoms with Gasteiger partial charge >= 0.3 is 0 Å². The molecule has 118 valence electrons. The van der Waals surface area contributed by atoms with Gasteiger partial charge in [0.1, 0.15) is 4.90 Å². The summed E-state index contributed by atoms with van der Waals surface area (Å²) in [4.78, 5) is 13.8. The van der Waals surface area contributed by atoms with E-state index in [1.165, 1.54) is 6.07 Å². The second kappa shape index (κ2) is 7.18. The van der Waals surface area contributed by atoms with Crippen molar-refractivity contribution in [2.75, 3.05) is 6.54 Å². The van der Waals surface area contributed by atoms with Gasteiger partial charge in [-0.25, -0.2) is 8.42 Å². The maximum atomic E-state index is 12.5. The smallest absolute Gasteiger partial charge is 0.262 e. The van der Waals surface area contributed by atoms with Crippen molar-refractivity contribution in [1.82, 2.24) is 4.90 Å². The normalized spacial score (nSPS) is 13.0. The third kappa shape index (κ3) is 4.25. The van der Waals surface area contributed by atoms with Crippen LogP contribution in [0.3, 0.4) is 0 Å². The van der Waals surface area contributed by atoms with Crippen molar-refractivity contribution in [1.29, 1.82) is 0 Å². The van der Waals surface area contributed by atoms with Crippen molar-refractivity contribution < 1.29 is 13.2 Å². The summed E-state index contributed by atoms with van der Waals surface area (Å²) >= 11 is 11.7. The molecule has 0 saturated heterocycles. The van der Waals surface area contributed by atoms with Gasteiger partial charge < -0.3 is 4.90 Å². The molecule has 0 saturated carbocycles. The summed E-state index contributed by atoms with van der Waals surface area (Å²) < 4.78 is 23.0. The molecule has 1 aromatic carbocycles. The lowest BCUT2D eigenvalue weighted by atomic mass is 10.1. The molecule has 1 unspecified atom stereocenters. The first kappa shape index (κ1) is 18.6. The van der Waals surface area contributed by atoms with E-state index in [1.807, 2.05) is 20.8 Å². The van der Waals surface area contributed by atoms with Crippen LogP contribution in [0.2, 0.25) is 10.0 Å². The van der Waals surface area contributed by atoms with E-state index in [4.69, 9.17) is 33.9 Å². The molecule has 1 rings (SSSR count).